The van der Waals surface area contributed by atoms with Gasteiger partial charge in [0, 0.05) is 18.4 Å². The molecule has 2 rings (SSSR count). The second-order valence-corrected chi connectivity index (χ2v) is 4.65. The molecule has 0 unspecified atom stereocenters. The van der Waals surface area contributed by atoms with Crippen LogP contribution in [0.1, 0.15) is 30.3 Å². The third-order valence-electron chi connectivity index (χ3n) is 2.84. The topological polar surface area (TPSA) is 49.8 Å². The molecule has 5 heteroatoms. The molecule has 1 amide bonds. The molecule has 0 aliphatic rings. The van der Waals surface area contributed by atoms with E-state index in [-0.39, 0.29) is 5.91 Å². The largest absolute Gasteiger partial charge is 0.351 e. The maximum Gasteiger partial charge on any atom is 0.269 e. The number of hydrogen-bond acceptors (Lipinski definition) is 2. The fourth-order valence-corrected chi connectivity index (χ4v) is 2.10. The van der Waals surface area contributed by atoms with Crippen molar-refractivity contribution >= 4 is 18.1 Å². The molecule has 0 spiro atoms. The van der Waals surface area contributed by atoms with Crippen LogP contribution in [0, 0.1) is 4.77 Å². The summed E-state index contributed by atoms with van der Waals surface area (Å²) in [5, 5.41) is 2.90. The average molecular weight is 275 g/mol. The van der Waals surface area contributed by atoms with Gasteiger partial charge in [0.2, 0.25) is 0 Å². The molecule has 0 saturated carbocycles. The lowest BCUT2D eigenvalue weighted by Crippen LogP contribution is -2.26. The number of nitrogens with one attached hydrogen (secondary N) is 2. The number of H-pyrrole nitrogens is 1. The lowest BCUT2D eigenvalue weighted by atomic mass is 10.3. The Morgan fingerprint density at radius 1 is 1.37 bits per heavy atom. The van der Waals surface area contributed by atoms with Gasteiger partial charge in [-0.3, -0.25) is 9.36 Å². The summed E-state index contributed by atoms with van der Waals surface area (Å²) < 4.78 is 2.27. The number of benzene rings is 1. The molecule has 0 fully saturated rings. The highest BCUT2D eigenvalue weighted by molar-refractivity contribution is 7.71. The number of rotatable bonds is 5. The summed E-state index contributed by atoms with van der Waals surface area (Å²) >= 11 is 5.24. The highest BCUT2D eigenvalue weighted by Crippen LogP contribution is 2.12. The Labute approximate surface area is 117 Å². The zero-order chi connectivity index (χ0) is 13.7. The molecule has 2 aromatic rings. The van der Waals surface area contributed by atoms with E-state index in [1.54, 1.807) is 10.8 Å². The molecule has 1 aromatic carbocycles. The molecule has 0 radical (unpaired) electrons. The monoisotopic (exact) mass is 275 g/mol. The molecule has 2 N–H and O–H groups in total. The molecule has 0 atom stereocenters. The highest BCUT2D eigenvalue weighted by atomic mass is 32.1. The Morgan fingerprint density at radius 2 is 2.11 bits per heavy atom. The summed E-state index contributed by atoms with van der Waals surface area (Å²) in [5.74, 6) is -0.107. The summed E-state index contributed by atoms with van der Waals surface area (Å²) in [7, 11) is 0. The molecule has 1 aromatic heterocycles. The Bertz CT molecular complexity index is 601. The minimum absolute atomic E-state index is 0.107. The number of carbonyl (C=O) groups excluding carboxylic acids is 1. The number of hydrogen-bond donors (Lipinski definition) is 2. The standard InChI is InChI=1S/C14H17N3OS/c1-2-3-9-15-13(18)12-10-16-14(19)17(12)11-7-5-4-6-8-11/h4-8,10H,2-3,9H2,1H3,(H,15,18)(H,16,19). The van der Waals surface area contributed by atoms with Gasteiger partial charge >= 0.3 is 0 Å². The van der Waals surface area contributed by atoms with Gasteiger partial charge in [0.15, 0.2) is 4.77 Å². The molecule has 100 valence electrons. The molecule has 0 aliphatic carbocycles. The molecular formula is C14H17N3OS. The first-order valence-corrected chi connectivity index (χ1v) is 6.79. The number of amides is 1. The van der Waals surface area contributed by atoms with Crippen molar-refractivity contribution in [1.29, 1.82) is 0 Å². The fourth-order valence-electron chi connectivity index (χ4n) is 1.84. The number of nitrogens with zero attached hydrogens (tertiary/aromatic N) is 1. The van der Waals surface area contributed by atoms with E-state index in [0.717, 1.165) is 18.5 Å². The number of aromatic amines is 1. The Balaban J connectivity index is 2.28. The Kier molecular flexibility index (Phi) is 4.52. The van der Waals surface area contributed by atoms with E-state index in [2.05, 4.69) is 17.2 Å². The van der Waals surface area contributed by atoms with Gasteiger partial charge in [0.1, 0.15) is 5.69 Å². The summed E-state index contributed by atoms with van der Waals surface area (Å²) in [6, 6.07) is 9.62. The van der Waals surface area contributed by atoms with Crippen molar-refractivity contribution in [1.82, 2.24) is 14.9 Å². The summed E-state index contributed by atoms with van der Waals surface area (Å²) in [6.07, 6.45) is 3.68. The van der Waals surface area contributed by atoms with Gasteiger partial charge < -0.3 is 10.3 Å². The van der Waals surface area contributed by atoms with E-state index < -0.39 is 0 Å². The number of aromatic nitrogens is 2. The zero-order valence-electron chi connectivity index (χ0n) is 10.8. The Hall–Kier alpha value is -1.88. The van der Waals surface area contributed by atoms with Crippen molar-refractivity contribution in [2.24, 2.45) is 0 Å². The molecule has 0 saturated heterocycles. The number of imidazole rings is 1. The van der Waals surface area contributed by atoms with Crippen LogP contribution in [-0.2, 0) is 0 Å². The fraction of sp³-hybridized carbons (Fsp3) is 0.286. The molecule has 0 aliphatic heterocycles. The highest BCUT2D eigenvalue weighted by Gasteiger charge is 2.13. The van der Waals surface area contributed by atoms with Gasteiger partial charge in [-0.2, -0.15) is 0 Å². The quantitative estimate of drug-likeness (QED) is 0.651. The smallest absolute Gasteiger partial charge is 0.269 e. The molecule has 1 heterocycles. The number of para-hydroxylation sites is 1. The van der Waals surface area contributed by atoms with Gasteiger partial charge in [-0.05, 0) is 30.8 Å². The first-order chi connectivity index (χ1) is 9.24. The minimum Gasteiger partial charge on any atom is -0.351 e. The van der Waals surface area contributed by atoms with E-state index in [4.69, 9.17) is 12.2 Å². The molecule has 0 bridgehead atoms. The summed E-state index contributed by atoms with van der Waals surface area (Å²) in [4.78, 5) is 15.1. The second-order valence-electron chi connectivity index (χ2n) is 4.26. The maximum absolute atomic E-state index is 12.1. The summed E-state index contributed by atoms with van der Waals surface area (Å²) in [5.41, 5.74) is 1.42. The van der Waals surface area contributed by atoms with Crippen LogP contribution >= 0.6 is 12.2 Å². The summed E-state index contributed by atoms with van der Waals surface area (Å²) in [6.45, 7) is 2.77. The van der Waals surface area contributed by atoms with Crippen molar-refractivity contribution in [3.8, 4) is 5.69 Å². The van der Waals surface area contributed by atoms with Crippen molar-refractivity contribution in [2.75, 3.05) is 6.54 Å². The van der Waals surface area contributed by atoms with Crippen LogP contribution in [0.3, 0.4) is 0 Å². The van der Waals surface area contributed by atoms with E-state index in [0.29, 0.717) is 17.0 Å². The minimum atomic E-state index is -0.107. The van der Waals surface area contributed by atoms with E-state index in [9.17, 15) is 4.79 Å². The third-order valence-corrected chi connectivity index (χ3v) is 3.14. The van der Waals surface area contributed by atoms with Crippen molar-refractivity contribution in [2.45, 2.75) is 19.8 Å². The van der Waals surface area contributed by atoms with Crippen molar-refractivity contribution < 1.29 is 4.79 Å². The van der Waals surface area contributed by atoms with E-state index in [1.807, 2.05) is 30.3 Å². The Morgan fingerprint density at radius 3 is 2.79 bits per heavy atom. The molecular weight excluding hydrogens is 258 g/mol. The van der Waals surface area contributed by atoms with Crippen molar-refractivity contribution in [3.63, 3.8) is 0 Å². The average Bonchev–Trinajstić information content (AvgIpc) is 2.82. The van der Waals surface area contributed by atoms with Crippen LogP contribution < -0.4 is 5.32 Å². The maximum atomic E-state index is 12.1. The van der Waals surface area contributed by atoms with Gasteiger partial charge in [0.05, 0.1) is 0 Å². The van der Waals surface area contributed by atoms with Crippen LogP contribution in [0.5, 0.6) is 0 Å². The number of carbonyl (C=O) groups is 1. The first kappa shape index (κ1) is 13.5. The molecule has 19 heavy (non-hydrogen) atoms. The second kappa shape index (κ2) is 6.33. The van der Waals surface area contributed by atoms with Crippen LogP contribution in [0.15, 0.2) is 36.5 Å². The van der Waals surface area contributed by atoms with Crippen LogP contribution in [-0.4, -0.2) is 22.0 Å². The van der Waals surface area contributed by atoms with Gasteiger partial charge in [-0.15, -0.1) is 0 Å². The normalized spacial score (nSPS) is 10.4. The van der Waals surface area contributed by atoms with Crippen LogP contribution in [0.4, 0.5) is 0 Å². The lowest BCUT2D eigenvalue weighted by molar-refractivity contribution is 0.0946. The van der Waals surface area contributed by atoms with Crippen LogP contribution in [0.25, 0.3) is 5.69 Å². The lowest BCUT2D eigenvalue weighted by Gasteiger charge is -2.08. The first-order valence-electron chi connectivity index (χ1n) is 6.38. The predicted molar refractivity (Wildman–Crippen MR) is 78.2 cm³/mol. The van der Waals surface area contributed by atoms with E-state index >= 15 is 0 Å². The number of unbranched alkanes of at least 4 members (excludes halogenated alkanes) is 1. The predicted octanol–water partition coefficient (Wildman–Crippen LogP) is 3.06. The zero-order valence-corrected chi connectivity index (χ0v) is 11.7. The van der Waals surface area contributed by atoms with Crippen LogP contribution in [0.2, 0.25) is 0 Å². The van der Waals surface area contributed by atoms with Gasteiger partial charge in [-0.25, -0.2) is 0 Å². The molecule has 4 nitrogen and oxygen atoms in total. The third kappa shape index (κ3) is 3.12. The van der Waals surface area contributed by atoms with Gasteiger partial charge in [0.25, 0.3) is 5.91 Å². The van der Waals surface area contributed by atoms with E-state index in [1.165, 1.54) is 0 Å². The SMILES string of the molecule is CCCCNC(=O)c1c[nH]c(=S)n1-c1ccccc1. The van der Waals surface area contributed by atoms with Gasteiger partial charge in [-0.1, -0.05) is 31.5 Å². The van der Waals surface area contributed by atoms with Crippen molar-refractivity contribution in [3.05, 3.63) is 47.0 Å².